The zero-order valence-corrected chi connectivity index (χ0v) is 9.84. The largest absolute Gasteiger partial charge is 0.330 e. The van der Waals surface area contributed by atoms with Crippen molar-refractivity contribution in [3.8, 4) is 0 Å². The van der Waals surface area contributed by atoms with Gasteiger partial charge >= 0.3 is 0 Å². The number of hydrogen-bond acceptors (Lipinski definition) is 2. The Morgan fingerprint density at radius 3 is 2.73 bits per heavy atom. The molecule has 0 amide bonds. The highest BCUT2D eigenvalue weighted by molar-refractivity contribution is 6.31. The highest BCUT2D eigenvalue weighted by atomic mass is 35.5. The van der Waals surface area contributed by atoms with Crippen molar-refractivity contribution in [2.75, 3.05) is 0 Å². The standard InChI is InChI=1S/C11H14ClN3/c1-6-4-8(12)5-9-10(6)15(3)11(14-9)7(2)13/h4-5,7H,13H2,1-3H3. The molecule has 4 heteroatoms. The van der Waals surface area contributed by atoms with Gasteiger partial charge in [0.05, 0.1) is 17.1 Å². The van der Waals surface area contributed by atoms with E-state index in [1.54, 1.807) is 0 Å². The Morgan fingerprint density at radius 1 is 1.47 bits per heavy atom. The van der Waals surface area contributed by atoms with Crippen molar-refractivity contribution in [2.24, 2.45) is 12.8 Å². The van der Waals surface area contributed by atoms with E-state index in [9.17, 15) is 0 Å². The molecular formula is C11H14ClN3. The first kappa shape index (κ1) is 10.5. The molecule has 2 rings (SSSR count). The van der Waals surface area contributed by atoms with E-state index in [0.29, 0.717) is 5.02 Å². The van der Waals surface area contributed by atoms with Crippen molar-refractivity contribution >= 4 is 22.6 Å². The van der Waals surface area contributed by atoms with Gasteiger partial charge in [0.1, 0.15) is 5.82 Å². The third-order valence-electron chi connectivity index (χ3n) is 2.57. The van der Waals surface area contributed by atoms with E-state index in [0.717, 1.165) is 22.4 Å². The van der Waals surface area contributed by atoms with Crippen LogP contribution in [0.1, 0.15) is 24.4 Å². The predicted molar refractivity (Wildman–Crippen MR) is 63.1 cm³/mol. The van der Waals surface area contributed by atoms with E-state index in [1.165, 1.54) is 0 Å². The zero-order valence-electron chi connectivity index (χ0n) is 9.08. The topological polar surface area (TPSA) is 43.8 Å². The predicted octanol–water partition coefficient (Wildman–Crippen LogP) is 2.55. The molecule has 0 aliphatic carbocycles. The third kappa shape index (κ3) is 1.62. The molecule has 2 N–H and O–H groups in total. The molecule has 0 aliphatic rings. The fourth-order valence-corrected chi connectivity index (χ4v) is 2.23. The summed E-state index contributed by atoms with van der Waals surface area (Å²) in [7, 11) is 1.98. The number of hydrogen-bond donors (Lipinski definition) is 1. The van der Waals surface area contributed by atoms with Gasteiger partial charge in [0.15, 0.2) is 0 Å². The number of rotatable bonds is 1. The maximum absolute atomic E-state index is 5.98. The van der Waals surface area contributed by atoms with Gasteiger partial charge in [0.25, 0.3) is 0 Å². The fourth-order valence-electron chi connectivity index (χ4n) is 1.96. The average molecular weight is 224 g/mol. The Hall–Kier alpha value is -1.06. The van der Waals surface area contributed by atoms with Gasteiger partial charge in [-0.05, 0) is 31.5 Å². The molecule has 1 heterocycles. The van der Waals surface area contributed by atoms with Gasteiger partial charge in [0.2, 0.25) is 0 Å². The van der Waals surface area contributed by atoms with Gasteiger partial charge in [0, 0.05) is 12.1 Å². The summed E-state index contributed by atoms with van der Waals surface area (Å²) in [5.74, 6) is 0.885. The van der Waals surface area contributed by atoms with E-state index in [1.807, 2.05) is 37.6 Å². The lowest BCUT2D eigenvalue weighted by Gasteiger charge is -2.06. The van der Waals surface area contributed by atoms with E-state index in [4.69, 9.17) is 17.3 Å². The summed E-state index contributed by atoms with van der Waals surface area (Å²) >= 11 is 5.98. The van der Waals surface area contributed by atoms with Gasteiger partial charge in [-0.1, -0.05) is 11.6 Å². The third-order valence-corrected chi connectivity index (χ3v) is 2.78. The number of nitrogens with two attached hydrogens (primary N) is 1. The molecule has 0 saturated heterocycles. The number of aromatic nitrogens is 2. The van der Waals surface area contributed by atoms with Crippen LogP contribution in [0.2, 0.25) is 5.02 Å². The van der Waals surface area contributed by atoms with E-state index in [-0.39, 0.29) is 6.04 Å². The summed E-state index contributed by atoms with van der Waals surface area (Å²) in [6.07, 6.45) is 0. The van der Waals surface area contributed by atoms with Crippen LogP contribution in [-0.2, 0) is 7.05 Å². The zero-order chi connectivity index (χ0) is 11.2. The first-order chi connectivity index (χ1) is 7.00. The molecule has 0 radical (unpaired) electrons. The Bertz CT molecular complexity index is 514. The first-order valence-electron chi connectivity index (χ1n) is 4.88. The molecule has 0 fully saturated rings. The van der Waals surface area contributed by atoms with Crippen LogP contribution in [0.3, 0.4) is 0 Å². The minimum absolute atomic E-state index is 0.0689. The van der Waals surface area contributed by atoms with Gasteiger partial charge in [-0.25, -0.2) is 4.98 Å². The quantitative estimate of drug-likeness (QED) is 0.808. The van der Waals surface area contributed by atoms with E-state index >= 15 is 0 Å². The van der Waals surface area contributed by atoms with Crippen LogP contribution in [0.4, 0.5) is 0 Å². The molecular weight excluding hydrogens is 210 g/mol. The molecule has 1 aromatic carbocycles. The molecule has 3 nitrogen and oxygen atoms in total. The lowest BCUT2D eigenvalue weighted by atomic mass is 10.2. The minimum atomic E-state index is -0.0689. The molecule has 1 unspecified atom stereocenters. The number of benzene rings is 1. The molecule has 0 spiro atoms. The maximum Gasteiger partial charge on any atom is 0.126 e. The number of aryl methyl sites for hydroxylation is 2. The highest BCUT2D eigenvalue weighted by Gasteiger charge is 2.13. The summed E-state index contributed by atoms with van der Waals surface area (Å²) in [5, 5.41) is 0.717. The molecule has 15 heavy (non-hydrogen) atoms. The smallest absolute Gasteiger partial charge is 0.126 e. The Labute approximate surface area is 93.9 Å². The van der Waals surface area contributed by atoms with Crippen LogP contribution in [-0.4, -0.2) is 9.55 Å². The molecule has 0 bridgehead atoms. The molecule has 80 valence electrons. The molecule has 2 aromatic rings. The average Bonchev–Trinajstić information content (AvgIpc) is 2.42. The highest BCUT2D eigenvalue weighted by Crippen LogP contribution is 2.25. The molecule has 1 aromatic heterocycles. The normalized spacial score (nSPS) is 13.4. The molecule has 0 saturated carbocycles. The van der Waals surface area contributed by atoms with Crippen molar-refractivity contribution in [2.45, 2.75) is 19.9 Å². The van der Waals surface area contributed by atoms with Gasteiger partial charge in [-0.3, -0.25) is 0 Å². The van der Waals surface area contributed by atoms with Gasteiger partial charge in [-0.2, -0.15) is 0 Å². The second-order valence-electron chi connectivity index (χ2n) is 3.91. The second-order valence-corrected chi connectivity index (χ2v) is 4.34. The summed E-state index contributed by atoms with van der Waals surface area (Å²) < 4.78 is 2.03. The maximum atomic E-state index is 5.98. The van der Waals surface area contributed by atoms with Gasteiger partial charge < -0.3 is 10.3 Å². The summed E-state index contributed by atoms with van der Waals surface area (Å²) in [6, 6.07) is 3.74. The van der Waals surface area contributed by atoms with Crippen LogP contribution in [0.25, 0.3) is 11.0 Å². The SMILES string of the molecule is Cc1cc(Cl)cc2nc(C(C)N)n(C)c12. The van der Waals surface area contributed by atoms with Crippen molar-refractivity contribution in [1.82, 2.24) is 9.55 Å². The number of nitrogens with zero attached hydrogens (tertiary/aromatic N) is 2. The summed E-state index contributed by atoms with van der Waals surface area (Å²) in [5.41, 5.74) is 8.99. The number of imidazole rings is 1. The first-order valence-corrected chi connectivity index (χ1v) is 5.26. The Kier molecular flexibility index (Phi) is 2.44. The van der Waals surface area contributed by atoms with Crippen molar-refractivity contribution in [3.63, 3.8) is 0 Å². The minimum Gasteiger partial charge on any atom is -0.330 e. The van der Waals surface area contributed by atoms with Crippen LogP contribution in [0.15, 0.2) is 12.1 Å². The van der Waals surface area contributed by atoms with Gasteiger partial charge in [-0.15, -0.1) is 0 Å². The van der Waals surface area contributed by atoms with Crippen LogP contribution >= 0.6 is 11.6 Å². The van der Waals surface area contributed by atoms with Crippen LogP contribution in [0, 0.1) is 6.92 Å². The number of fused-ring (bicyclic) bond motifs is 1. The second kappa shape index (κ2) is 3.51. The Balaban J connectivity index is 2.82. The molecule has 1 atom stereocenters. The van der Waals surface area contributed by atoms with E-state index in [2.05, 4.69) is 4.98 Å². The van der Waals surface area contributed by atoms with Crippen molar-refractivity contribution in [3.05, 3.63) is 28.5 Å². The Morgan fingerprint density at radius 2 is 2.13 bits per heavy atom. The van der Waals surface area contributed by atoms with Crippen molar-refractivity contribution < 1.29 is 0 Å². The monoisotopic (exact) mass is 223 g/mol. The lowest BCUT2D eigenvalue weighted by Crippen LogP contribution is -2.11. The van der Waals surface area contributed by atoms with Crippen molar-refractivity contribution in [1.29, 1.82) is 0 Å². The summed E-state index contributed by atoms with van der Waals surface area (Å²) in [6.45, 7) is 3.96. The van der Waals surface area contributed by atoms with Crippen LogP contribution < -0.4 is 5.73 Å². The molecule has 0 aliphatic heterocycles. The lowest BCUT2D eigenvalue weighted by molar-refractivity contribution is 0.695. The fraction of sp³-hybridized carbons (Fsp3) is 0.364. The van der Waals surface area contributed by atoms with E-state index < -0.39 is 0 Å². The number of halogens is 1. The summed E-state index contributed by atoms with van der Waals surface area (Å²) in [4.78, 5) is 4.49. The van der Waals surface area contributed by atoms with Crippen LogP contribution in [0.5, 0.6) is 0 Å².